The lowest BCUT2D eigenvalue weighted by Gasteiger charge is -2.21. The highest BCUT2D eigenvalue weighted by Gasteiger charge is 2.17. The average molecular weight is 274 g/mol. The van der Waals surface area contributed by atoms with Gasteiger partial charge in [-0.1, -0.05) is 6.92 Å². The van der Waals surface area contributed by atoms with Crippen LogP contribution in [0.15, 0.2) is 0 Å². The number of hydrogen-bond donors (Lipinski definition) is 2. The van der Waals surface area contributed by atoms with Crippen molar-refractivity contribution < 1.29 is 19.1 Å². The van der Waals surface area contributed by atoms with Gasteiger partial charge in [0.25, 0.3) is 0 Å². The summed E-state index contributed by atoms with van der Waals surface area (Å²) in [6, 6.07) is -0.353. The van der Waals surface area contributed by atoms with Gasteiger partial charge in [-0.2, -0.15) is 0 Å². The molecule has 6 nitrogen and oxygen atoms in total. The zero-order valence-electron chi connectivity index (χ0n) is 12.7. The number of hydrogen-bond acceptors (Lipinski definition) is 5. The molecule has 0 aromatic carbocycles. The van der Waals surface area contributed by atoms with Crippen LogP contribution in [0.2, 0.25) is 0 Å². The van der Waals surface area contributed by atoms with Gasteiger partial charge in [0.1, 0.15) is 11.6 Å². The Morgan fingerprint density at radius 3 is 2.21 bits per heavy atom. The number of amides is 1. The van der Waals surface area contributed by atoms with Gasteiger partial charge in [-0.25, -0.2) is 4.79 Å². The molecule has 1 unspecified atom stereocenters. The Morgan fingerprint density at radius 1 is 1.16 bits per heavy atom. The maximum absolute atomic E-state index is 11.4. The van der Waals surface area contributed by atoms with Crippen molar-refractivity contribution in [2.75, 3.05) is 20.2 Å². The van der Waals surface area contributed by atoms with E-state index < -0.39 is 11.7 Å². The van der Waals surface area contributed by atoms with Crippen LogP contribution < -0.4 is 10.6 Å². The molecule has 0 aromatic heterocycles. The molecule has 0 spiro atoms. The van der Waals surface area contributed by atoms with E-state index in [2.05, 4.69) is 15.4 Å². The van der Waals surface area contributed by atoms with Gasteiger partial charge in [-0.05, 0) is 33.6 Å². The quantitative estimate of drug-likeness (QED) is 0.714. The Labute approximate surface area is 115 Å². The molecule has 0 bridgehead atoms. The van der Waals surface area contributed by atoms with Crippen LogP contribution in [0.5, 0.6) is 0 Å². The molecule has 0 aromatic rings. The molecule has 2 atom stereocenters. The topological polar surface area (TPSA) is 76.7 Å². The van der Waals surface area contributed by atoms with E-state index in [0.29, 0.717) is 13.1 Å². The van der Waals surface area contributed by atoms with Crippen LogP contribution in [0.25, 0.3) is 0 Å². The third-order valence-corrected chi connectivity index (χ3v) is 2.32. The summed E-state index contributed by atoms with van der Waals surface area (Å²) in [7, 11) is 1.36. The van der Waals surface area contributed by atoms with Crippen molar-refractivity contribution in [1.82, 2.24) is 10.6 Å². The van der Waals surface area contributed by atoms with Crippen LogP contribution in [0.1, 0.15) is 34.6 Å². The van der Waals surface area contributed by atoms with Crippen molar-refractivity contribution in [3.8, 4) is 0 Å². The minimum Gasteiger partial charge on any atom is -0.468 e. The fourth-order valence-corrected chi connectivity index (χ4v) is 1.28. The summed E-state index contributed by atoms with van der Waals surface area (Å²) in [5, 5.41) is 5.73. The second-order valence-electron chi connectivity index (χ2n) is 5.64. The Bertz CT molecular complexity index is 300. The first-order valence-corrected chi connectivity index (χ1v) is 6.43. The van der Waals surface area contributed by atoms with Crippen molar-refractivity contribution in [2.45, 2.75) is 46.3 Å². The number of methoxy groups -OCH3 is 1. The molecule has 0 saturated heterocycles. The minimum absolute atomic E-state index is 0.180. The van der Waals surface area contributed by atoms with Crippen LogP contribution in [0.3, 0.4) is 0 Å². The number of alkyl carbamates (subject to hydrolysis) is 1. The fourth-order valence-electron chi connectivity index (χ4n) is 1.28. The normalized spacial score (nSPS) is 14.4. The third-order valence-electron chi connectivity index (χ3n) is 2.32. The maximum atomic E-state index is 11.4. The highest BCUT2D eigenvalue weighted by atomic mass is 16.6. The number of ether oxygens (including phenoxy) is 2. The summed E-state index contributed by atoms with van der Waals surface area (Å²) in [4.78, 5) is 22.6. The second kappa shape index (κ2) is 7.99. The number of carbonyl (C=O) groups is 2. The van der Waals surface area contributed by atoms with Gasteiger partial charge in [0.2, 0.25) is 0 Å². The predicted octanol–water partition coefficient (Wildman–Crippen LogP) is 1.30. The molecule has 19 heavy (non-hydrogen) atoms. The molecule has 0 aliphatic rings. The van der Waals surface area contributed by atoms with E-state index in [-0.39, 0.29) is 17.9 Å². The minimum atomic E-state index is -0.495. The largest absolute Gasteiger partial charge is 0.468 e. The van der Waals surface area contributed by atoms with Crippen LogP contribution in [0, 0.1) is 5.92 Å². The van der Waals surface area contributed by atoms with E-state index >= 15 is 0 Å². The first-order chi connectivity index (χ1) is 8.65. The third kappa shape index (κ3) is 9.30. The Kier molecular flexibility index (Phi) is 7.44. The number of esters is 1. The Balaban J connectivity index is 3.84. The van der Waals surface area contributed by atoms with Crippen molar-refractivity contribution in [3.05, 3.63) is 0 Å². The molecule has 112 valence electrons. The van der Waals surface area contributed by atoms with E-state index in [9.17, 15) is 9.59 Å². The number of nitrogens with one attached hydrogen (secondary N) is 2. The van der Waals surface area contributed by atoms with Crippen molar-refractivity contribution in [1.29, 1.82) is 0 Å². The summed E-state index contributed by atoms with van der Waals surface area (Å²) in [6.07, 6.45) is -0.430. The molecule has 0 aliphatic heterocycles. The van der Waals surface area contributed by atoms with Gasteiger partial charge in [0.05, 0.1) is 7.11 Å². The van der Waals surface area contributed by atoms with E-state index in [1.165, 1.54) is 7.11 Å². The fraction of sp³-hybridized carbons (Fsp3) is 0.846. The molecular formula is C13H26N2O4. The molecule has 2 N–H and O–H groups in total. The number of carbonyl (C=O) groups excluding carboxylic acids is 2. The zero-order valence-corrected chi connectivity index (χ0v) is 12.7. The van der Waals surface area contributed by atoms with E-state index in [1.54, 1.807) is 6.92 Å². The molecule has 0 saturated carbocycles. The van der Waals surface area contributed by atoms with Gasteiger partial charge in [0, 0.05) is 13.1 Å². The highest BCUT2D eigenvalue weighted by Crippen LogP contribution is 2.06. The second-order valence-corrected chi connectivity index (χ2v) is 5.64. The SMILES string of the molecule is COC(=O)[C@@H](C)NCC(C)CNC(=O)OC(C)(C)C. The van der Waals surface area contributed by atoms with Crippen molar-refractivity contribution in [2.24, 2.45) is 5.92 Å². The molecule has 0 fully saturated rings. The molecule has 1 amide bonds. The summed E-state index contributed by atoms with van der Waals surface area (Å²) < 4.78 is 9.73. The molecule has 6 heteroatoms. The zero-order chi connectivity index (χ0) is 15.1. The van der Waals surface area contributed by atoms with Crippen LogP contribution >= 0.6 is 0 Å². The number of rotatable bonds is 6. The van der Waals surface area contributed by atoms with Gasteiger partial charge >= 0.3 is 12.1 Å². The summed E-state index contributed by atoms with van der Waals surface area (Å²) >= 11 is 0. The predicted molar refractivity (Wildman–Crippen MR) is 72.9 cm³/mol. The van der Waals surface area contributed by atoms with Gasteiger partial charge in [-0.15, -0.1) is 0 Å². The van der Waals surface area contributed by atoms with Crippen LogP contribution in [0.4, 0.5) is 4.79 Å². The molecule has 0 radical (unpaired) electrons. The standard InChI is InChI=1S/C13H26N2O4/c1-9(7-14-10(2)11(16)18-6)8-15-12(17)19-13(3,4)5/h9-10,14H,7-8H2,1-6H3,(H,15,17)/t9?,10-/m1/s1. The lowest BCUT2D eigenvalue weighted by Crippen LogP contribution is -2.41. The Morgan fingerprint density at radius 2 is 1.74 bits per heavy atom. The Hall–Kier alpha value is -1.30. The van der Waals surface area contributed by atoms with Crippen molar-refractivity contribution >= 4 is 12.1 Å². The van der Waals surface area contributed by atoms with E-state index in [1.807, 2.05) is 27.7 Å². The van der Waals surface area contributed by atoms with Crippen LogP contribution in [-0.2, 0) is 14.3 Å². The maximum Gasteiger partial charge on any atom is 0.407 e. The molecule has 0 heterocycles. The smallest absolute Gasteiger partial charge is 0.407 e. The average Bonchev–Trinajstić information content (AvgIpc) is 2.30. The van der Waals surface area contributed by atoms with Crippen molar-refractivity contribution in [3.63, 3.8) is 0 Å². The van der Waals surface area contributed by atoms with Gasteiger partial charge in [0.15, 0.2) is 0 Å². The summed E-state index contributed by atoms with van der Waals surface area (Å²) in [5.74, 6) is -0.119. The van der Waals surface area contributed by atoms with Gasteiger partial charge < -0.3 is 20.1 Å². The summed E-state index contributed by atoms with van der Waals surface area (Å²) in [6.45, 7) is 10.2. The highest BCUT2D eigenvalue weighted by molar-refractivity contribution is 5.75. The molecule has 0 rings (SSSR count). The molecule has 0 aliphatic carbocycles. The van der Waals surface area contributed by atoms with E-state index in [4.69, 9.17) is 4.74 Å². The van der Waals surface area contributed by atoms with Gasteiger partial charge in [-0.3, -0.25) is 4.79 Å². The van der Waals surface area contributed by atoms with E-state index in [0.717, 1.165) is 0 Å². The first-order valence-electron chi connectivity index (χ1n) is 6.43. The lowest BCUT2D eigenvalue weighted by atomic mass is 10.1. The summed E-state index contributed by atoms with van der Waals surface area (Å²) in [5.41, 5.74) is -0.495. The first kappa shape index (κ1) is 17.7. The van der Waals surface area contributed by atoms with Crippen LogP contribution in [-0.4, -0.2) is 43.9 Å². The lowest BCUT2D eigenvalue weighted by molar-refractivity contribution is -0.142. The monoisotopic (exact) mass is 274 g/mol. The molecular weight excluding hydrogens is 248 g/mol.